The number of benzene rings is 2. The van der Waals surface area contributed by atoms with Crippen molar-refractivity contribution in [3.8, 4) is 0 Å². The molecule has 2 aromatic rings. The average molecular weight is 564 g/mol. The molecule has 0 N–H and O–H groups in total. The zero-order valence-corrected chi connectivity index (χ0v) is 22.9. The second-order valence-corrected chi connectivity index (χ2v) is 9.94. The van der Waals surface area contributed by atoms with E-state index in [0.717, 1.165) is 39.6 Å². The summed E-state index contributed by atoms with van der Waals surface area (Å²) in [5.41, 5.74) is 4.96. The van der Waals surface area contributed by atoms with Crippen LogP contribution in [0, 0.1) is 5.92 Å². The second-order valence-electron chi connectivity index (χ2n) is 8.97. The highest BCUT2D eigenvalue weighted by Crippen LogP contribution is 2.40. The van der Waals surface area contributed by atoms with Gasteiger partial charge in [-0.25, -0.2) is 0 Å². The molecule has 1 saturated heterocycles. The molecule has 3 rings (SSSR count). The van der Waals surface area contributed by atoms with Crippen molar-refractivity contribution in [2.75, 3.05) is 5.33 Å². The Bertz CT molecular complexity index is 1070. The summed E-state index contributed by atoms with van der Waals surface area (Å²) >= 11 is 10.0. The molecule has 35 heavy (non-hydrogen) atoms. The fraction of sp³-hybridized carbons (Fsp3) is 0.429. The number of halogens is 2. The van der Waals surface area contributed by atoms with Crippen LogP contribution in [0.5, 0.6) is 0 Å². The third kappa shape index (κ3) is 6.75. The van der Waals surface area contributed by atoms with Crippen molar-refractivity contribution < 1.29 is 23.8 Å². The summed E-state index contributed by atoms with van der Waals surface area (Å²) in [7, 11) is 0. The number of ether oxygens (including phenoxy) is 3. The van der Waals surface area contributed by atoms with Crippen LogP contribution in [-0.4, -0.2) is 35.6 Å². The Labute approximate surface area is 220 Å². The topological polar surface area (TPSA) is 61.8 Å². The molecule has 1 fully saturated rings. The van der Waals surface area contributed by atoms with E-state index in [0.29, 0.717) is 11.4 Å². The van der Waals surface area contributed by atoms with Crippen molar-refractivity contribution in [3.05, 3.63) is 76.3 Å². The number of rotatable bonds is 8. The first-order valence-electron chi connectivity index (χ1n) is 11.8. The van der Waals surface area contributed by atoms with E-state index in [4.69, 9.17) is 25.8 Å². The van der Waals surface area contributed by atoms with Crippen LogP contribution in [0.15, 0.2) is 49.0 Å². The molecule has 7 heteroatoms. The lowest BCUT2D eigenvalue weighted by atomic mass is 9.84. The lowest BCUT2D eigenvalue weighted by molar-refractivity contribution is -0.225. The maximum absolute atomic E-state index is 12.0. The Morgan fingerprint density at radius 3 is 2.26 bits per heavy atom. The van der Waals surface area contributed by atoms with Gasteiger partial charge in [-0.05, 0) is 46.7 Å². The van der Waals surface area contributed by atoms with Gasteiger partial charge in [-0.2, -0.15) is 0 Å². The predicted octanol–water partition coefficient (Wildman–Crippen LogP) is 6.69. The molecule has 5 nitrogen and oxygen atoms in total. The van der Waals surface area contributed by atoms with E-state index in [1.54, 1.807) is 0 Å². The van der Waals surface area contributed by atoms with Gasteiger partial charge in [-0.3, -0.25) is 9.59 Å². The number of esters is 2. The molecule has 0 amide bonds. The van der Waals surface area contributed by atoms with Gasteiger partial charge in [0.2, 0.25) is 0 Å². The van der Waals surface area contributed by atoms with E-state index >= 15 is 0 Å². The Balaban J connectivity index is 1.95. The number of hydrogen-bond acceptors (Lipinski definition) is 5. The summed E-state index contributed by atoms with van der Waals surface area (Å²) in [6.07, 6.45) is -0.781. The normalized spacial score (nSPS) is 24.0. The summed E-state index contributed by atoms with van der Waals surface area (Å²) in [6, 6.07) is 13.9. The van der Waals surface area contributed by atoms with Crippen LogP contribution >= 0.6 is 27.5 Å². The minimum Gasteiger partial charge on any atom is -0.458 e. The Hall–Kier alpha value is -2.15. The molecule has 0 bridgehead atoms. The number of alkyl halides is 1. The summed E-state index contributed by atoms with van der Waals surface area (Å²) in [5.74, 6) is -1.01. The molecule has 0 spiro atoms. The van der Waals surface area contributed by atoms with E-state index < -0.39 is 30.3 Å². The molecule has 5 atom stereocenters. The summed E-state index contributed by atoms with van der Waals surface area (Å²) in [6.45, 7) is 10.7. The first-order chi connectivity index (χ1) is 16.6. The summed E-state index contributed by atoms with van der Waals surface area (Å²) in [5, 5.41) is 1.36. The highest BCUT2D eigenvalue weighted by atomic mass is 79.9. The minimum atomic E-state index is -0.766. The van der Waals surface area contributed by atoms with Crippen molar-refractivity contribution in [2.24, 2.45) is 5.92 Å². The van der Waals surface area contributed by atoms with Crippen LogP contribution in [0.25, 0.3) is 5.57 Å². The fourth-order valence-corrected chi connectivity index (χ4v) is 5.07. The van der Waals surface area contributed by atoms with Gasteiger partial charge in [0, 0.05) is 30.1 Å². The average Bonchev–Trinajstić information content (AvgIpc) is 2.82. The number of hydrogen-bond donors (Lipinski definition) is 0. The van der Waals surface area contributed by atoms with Crippen LogP contribution in [0.3, 0.4) is 0 Å². The van der Waals surface area contributed by atoms with E-state index in [-0.39, 0.29) is 12.0 Å². The van der Waals surface area contributed by atoms with E-state index in [9.17, 15) is 9.59 Å². The van der Waals surface area contributed by atoms with Crippen LogP contribution in [0.1, 0.15) is 62.5 Å². The van der Waals surface area contributed by atoms with Gasteiger partial charge in [0.15, 0.2) is 6.10 Å². The zero-order chi connectivity index (χ0) is 25.7. The molecule has 0 unspecified atom stereocenters. The zero-order valence-electron chi connectivity index (χ0n) is 20.6. The Kier molecular flexibility index (Phi) is 9.56. The van der Waals surface area contributed by atoms with Gasteiger partial charge in [0.05, 0.1) is 6.10 Å². The second kappa shape index (κ2) is 12.2. The van der Waals surface area contributed by atoms with Crippen molar-refractivity contribution >= 4 is 45.0 Å². The van der Waals surface area contributed by atoms with Crippen LogP contribution < -0.4 is 0 Å². The molecular formula is C28H32BrClO5. The summed E-state index contributed by atoms with van der Waals surface area (Å²) in [4.78, 5) is 23.9. The fourth-order valence-electron chi connectivity index (χ4n) is 4.56. The van der Waals surface area contributed by atoms with Crippen molar-refractivity contribution in [3.63, 3.8) is 0 Å². The smallest absolute Gasteiger partial charge is 0.303 e. The highest BCUT2D eigenvalue weighted by molar-refractivity contribution is 9.09. The van der Waals surface area contributed by atoms with Crippen LogP contribution in [-0.2, 0) is 30.2 Å². The van der Waals surface area contributed by atoms with E-state index in [2.05, 4.69) is 46.8 Å². The molecule has 0 aromatic heterocycles. The third-order valence-electron chi connectivity index (χ3n) is 6.37. The van der Waals surface area contributed by atoms with Crippen molar-refractivity contribution in [2.45, 2.75) is 65.0 Å². The van der Waals surface area contributed by atoms with Gasteiger partial charge >= 0.3 is 11.9 Å². The van der Waals surface area contributed by atoms with E-state index in [1.165, 1.54) is 13.8 Å². The molecule has 0 saturated carbocycles. The maximum atomic E-state index is 12.0. The van der Waals surface area contributed by atoms with Crippen molar-refractivity contribution in [1.29, 1.82) is 0 Å². The molecule has 0 aliphatic carbocycles. The number of carbonyl (C=O) groups excluding carboxylic acids is 2. The van der Waals surface area contributed by atoms with Gasteiger partial charge < -0.3 is 14.2 Å². The minimum absolute atomic E-state index is 0.135. The predicted molar refractivity (Wildman–Crippen MR) is 142 cm³/mol. The monoisotopic (exact) mass is 562 g/mol. The van der Waals surface area contributed by atoms with Gasteiger partial charge in [0.25, 0.3) is 0 Å². The maximum Gasteiger partial charge on any atom is 0.303 e. The van der Waals surface area contributed by atoms with Gasteiger partial charge in [0.1, 0.15) is 12.2 Å². The molecular weight excluding hydrogens is 532 g/mol. The molecule has 188 valence electrons. The lowest BCUT2D eigenvalue weighted by Gasteiger charge is -2.44. The molecule has 1 aliphatic heterocycles. The molecule has 1 heterocycles. The van der Waals surface area contributed by atoms with Crippen LogP contribution in [0.4, 0.5) is 0 Å². The van der Waals surface area contributed by atoms with Crippen LogP contribution in [0.2, 0.25) is 5.02 Å². The van der Waals surface area contributed by atoms with Gasteiger partial charge in [-0.15, -0.1) is 0 Å². The number of allylic oxidation sites excluding steroid dienone is 1. The summed E-state index contributed by atoms with van der Waals surface area (Å²) < 4.78 is 17.8. The lowest BCUT2D eigenvalue weighted by Crippen LogP contribution is -2.52. The third-order valence-corrected chi connectivity index (χ3v) is 7.42. The first kappa shape index (κ1) is 27.4. The standard InChI is InChI=1S/C28H32BrClO5/c1-6-25-17(3)26(33-18(4)31)28(34-19(5)32)27(35-25)22-11-12-24(30)23(14-22)13-20-7-9-21(10-8-20)16(2)15-29/h7-12,14,17,25-28H,2,6,13,15H2,1,3-5H3/t17-,25-,26+,27+,28-/m1/s1. The SMILES string of the molecule is C=C(CBr)c1ccc(Cc2cc([C@@H]3O[C@H](CC)[C@@H](C)[C@H](OC(C)=O)[C@H]3OC(C)=O)ccc2Cl)cc1. The Morgan fingerprint density at radius 2 is 1.69 bits per heavy atom. The highest BCUT2D eigenvalue weighted by Gasteiger charge is 2.47. The molecule has 1 aliphatic rings. The molecule has 0 radical (unpaired) electrons. The Morgan fingerprint density at radius 1 is 1.06 bits per heavy atom. The van der Waals surface area contributed by atoms with Crippen molar-refractivity contribution in [1.82, 2.24) is 0 Å². The largest absolute Gasteiger partial charge is 0.458 e. The first-order valence-corrected chi connectivity index (χ1v) is 13.3. The number of carbonyl (C=O) groups is 2. The quantitative estimate of drug-likeness (QED) is 0.265. The van der Waals surface area contributed by atoms with Gasteiger partial charge in [-0.1, -0.05) is 84.4 Å². The molecule has 2 aromatic carbocycles. The van der Waals surface area contributed by atoms with E-state index in [1.807, 2.05) is 32.0 Å².